The van der Waals surface area contributed by atoms with Crippen molar-refractivity contribution in [2.24, 2.45) is 0 Å². The van der Waals surface area contributed by atoms with Crippen LogP contribution in [-0.4, -0.2) is 64.9 Å². The van der Waals surface area contributed by atoms with E-state index in [-0.39, 0.29) is 11.4 Å². The molecule has 2 aromatic rings. The minimum atomic E-state index is 0.0571. The van der Waals surface area contributed by atoms with Gasteiger partial charge in [-0.05, 0) is 31.0 Å². The van der Waals surface area contributed by atoms with Gasteiger partial charge in [0.15, 0.2) is 5.16 Å². The van der Waals surface area contributed by atoms with Crippen molar-refractivity contribution in [3.8, 4) is 0 Å². The predicted octanol–water partition coefficient (Wildman–Crippen LogP) is 3.46. The van der Waals surface area contributed by atoms with Crippen LogP contribution in [0.1, 0.15) is 32.1 Å². The van der Waals surface area contributed by atoms with Gasteiger partial charge in [-0.1, -0.05) is 42.6 Å². The topological polar surface area (TPSA) is 70.2 Å². The van der Waals surface area contributed by atoms with Crippen LogP contribution in [0.25, 0.3) is 11.0 Å². The Hall–Kier alpha value is -1.28. The van der Waals surface area contributed by atoms with Crippen molar-refractivity contribution < 1.29 is 9.53 Å². The Labute approximate surface area is 174 Å². The first-order valence-corrected chi connectivity index (χ1v) is 11.4. The Kier molecular flexibility index (Phi) is 6.45. The Bertz CT molecular complexity index is 816. The van der Waals surface area contributed by atoms with E-state index in [0.717, 1.165) is 61.9 Å². The van der Waals surface area contributed by atoms with Gasteiger partial charge in [-0.2, -0.15) is 0 Å². The quantitative estimate of drug-likeness (QED) is 0.697. The van der Waals surface area contributed by atoms with Crippen molar-refractivity contribution in [1.82, 2.24) is 20.2 Å². The summed E-state index contributed by atoms with van der Waals surface area (Å²) >= 11 is 7.44. The SMILES string of the molecule is O=C(CSc1nc2ccc(Cl)cc2[nH]1)NCC1(N2CCOCC2)CCCCC1. The second-order valence-corrected chi connectivity index (χ2v) is 9.05. The molecular formula is C20H27ClN4O2S. The Morgan fingerprint density at radius 1 is 1.29 bits per heavy atom. The molecule has 1 saturated heterocycles. The van der Waals surface area contributed by atoms with E-state index >= 15 is 0 Å². The number of hydrogen-bond donors (Lipinski definition) is 2. The van der Waals surface area contributed by atoms with E-state index < -0.39 is 0 Å². The number of nitrogens with zero attached hydrogens (tertiary/aromatic N) is 2. The lowest BCUT2D eigenvalue weighted by Gasteiger charge is -2.48. The summed E-state index contributed by atoms with van der Waals surface area (Å²) in [6.45, 7) is 4.24. The molecule has 1 aromatic carbocycles. The molecule has 28 heavy (non-hydrogen) atoms. The number of amides is 1. The number of H-pyrrole nitrogens is 1. The maximum Gasteiger partial charge on any atom is 0.230 e. The van der Waals surface area contributed by atoms with Crippen LogP contribution >= 0.6 is 23.4 Å². The van der Waals surface area contributed by atoms with Crippen LogP contribution in [0, 0.1) is 0 Å². The normalized spacial score (nSPS) is 20.3. The first kappa shape index (κ1) is 20.0. The summed E-state index contributed by atoms with van der Waals surface area (Å²) in [6.07, 6.45) is 6.09. The van der Waals surface area contributed by atoms with Crippen molar-refractivity contribution in [3.63, 3.8) is 0 Å². The summed E-state index contributed by atoms with van der Waals surface area (Å²) in [5, 5.41) is 4.61. The van der Waals surface area contributed by atoms with E-state index in [0.29, 0.717) is 10.8 Å². The van der Waals surface area contributed by atoms with E-state index in [9.17, 15) is 4.79 Å². The summed E-state index contributed by atoms with van der Waals surface area (Å²) in [4.78, 5) is 22.8. The van der Waals surface area contributed by atoms with Gasteiger partial charge in [0.25, 0.3) is 0 Å². The fraction of sp³-hybridized carbons (Fsp3) is 0.600. The number of carbonyl (C=O) groups is 1. The average Bonchev–Trinajstić information content (AvgIpc) is 3.14. The lowest BCUT2D eigenvalue weighted by molar-refractivity contribution is -0.119. The number of benzene rings is 1. The van der Waals surface area contributed by atoms with E-state index in [1.807, 2.05) is 18.2 Å². The van der Waals surface area contributed by atoms with Gasteiger partial charge in [0.1, 0.15) is 0 Å². The van der Waals surface area contributed by atoms with Gasteiger partial charge in [-0.3, -0.25) is 9.69 Å². The number of imidazole rings is 1. The molecule has 1 saturated carbocycles. The fourth-order valence-electron chi connectivity index (χ4n) is 4.33. The molecule has 0 atom stereocenters. The van der Waals surface area contributed by atoms with Gasteiger partial charge in [0.05, 0.1) is 30.0 Å². The highest BCUT2D eigenvalue weighted by atomic mass is 35.5. The number of thioether (sulfide) groups is 1. The molecule has 1 aliphatic carbocycles. The number of aromatic amines is 1. The first-order chi connectivity index (χ1) is 13.6. The molecule has 1 amide bonds. The number of hydrogen-bond acceptors (Lipinski definition) is 5. The summed E-state index contributed by atoms with van der Waals surface area (Å²) in [5.74, 6) is 0.411. The van der Waals surface area contributed by atoms with Crippen molar-refractivity contribution in [2.75, 3.05) is 38.6 Å². The number of aromatic nitrogens is 2. The van der Waals surface area contributed by atoms with E-state index in [4.69, 9.17) is 16.3 Å². The Morgan fingerprint density at radius 2 is 2.07 bits per heavy atom. The average molecular weight is 423 g/mol. The minimum absolute atomic E-state index is 0.0571. The molecule has 2 N–H and O–H groups in total. The Morgan fingerprint density at radius 3 is 2.86 bits per heavy atom. The lowest BCUT2D eigenvalue weighted by atomic mass is 9.79. The lowest BCUT2D eigenvalue weighted by Crippen LogP contribution is -2.59. The van der Waals surface area contributed by atoms with E-state index in [1.54, 1.807) is 0 Å². The van der Waals surface area contributed by atoms with Gasteiger partial charge in [-0.25, -0.2) is 4.98 Å². The van der Waals surface area contributed by atoms with Crippen LogP contribution < -0.4 is 5.32 Å². The monoisotopic (exact) mass is 422 g/mol. The van der Waals surface area contributed by atoms with Gasteiger partial charge >= 0.3 is 0 Å². The smallest absolute Gasteiger partial charge is 0.230 e. The summed E-state index contributed by atoms with van der Waals surface area (Å²) in [5.41, 5.74) is 1.85. The first-order valence-electron chi connectivity index (χ1n) is 10.0. The number of ether oxygens (including phenoxy) is 1. The molecule has 1 aliphatic heterocycles. The predicted molar refractivity (Wildman–Crippen MR) is 113 cm³/mol. The summed E-state index contributed by atoms with van der Waals surface area (Å²) in [7, 11) is 0. The second kappa shape index (κ2) is 9.03. The zero-order valence-electron chi connectivity index (χ0n) is 16.0. The number of halogens is 1. The number of nitrogens with one attached hydrogen (secondary N) is 2. The number of morpholine rings is 1. The minimum Gasteiger partial charge on any atom is -0.379 e. The fourth-order valence-corrected chi connectivity index (χ4v) is 5.21. The molecule has 0 spiro atoms. The molecule has 2 fully saturated rings. The molecule has 1 aromatic heterocycles. The van der Waals surface area contributed by atoms with Crippen LogP contribution in [0.5, 0.6) is 0 Å². The molecule has 6 nitrogen and oxygen atoms in total. The van der Waals surface area contributed by atoms with E-state index in [2.05, 4.69) is 20.2 Å². The highest BCUT2D eigenvalue weighted by molar-refractivity contribution is 7.99. The molecule has 0 bridgehead atoms. The van der Waals surface area contributed by atoms with Crippen LogP contribution in [0.2, 0.25) is 5.02 Å². The van der Waals surface area contributed by atoms with Crippen molar-refractivity contribution in [2.45, 2.75) is 42.8 Å². The third kappa shape index (κ3) is 4.64. The number of carbonyl (C=O) groups excluding carboxylic acids is 1. The van der Waals surface area contributed by atoms with Crippen LogP contribution in [0.3, 0.4) is 0 Å². The molecule has 4 rings (SSSR count). The van der Waals surface area contributed by atoms with Gasteiger partial charge in [-0.15, -0.1) is 0 Å². The van der Waals surface area contributed by atoms with Crippen molar-refractivity contribution in [3.05, 3.63) is 23.2 Å². The zero-order valence-corrected chi connectivity index (χ0v) is 17.6. The molecule has 0 radical (unpaired) electrons. The van der Waals surface area contributed by atoms with Crippen molar-refractivity contribution >= 4 is 40.3 Å². The molecular weight excluding hydrogens is 396 g/mol. The molecule has 8 heteroatoms. The number of fused-ring (bicyclic) bond motifs is 1. The molecule has 2 heterocycles. The van der Waals surface area contributed by atoms with Crippen LogP contribution in [-0.2, 0) is 9.53 Å². The third-order valence-corrected chi connectivity index (χ3v) is 6.95. The highest BCUT2D eigenvalue weighted by Crippen LogP contribution is 2.34. The second-order valence-electron chi connectivity index (χ2n) is 7.65. The molecule has 152 valence electrons. The summed E-state index contributed by atoms with van der Waals surface area (Å²) < 4.78 is 5.53. The van der Waals surface area contributed by atoms with Gasteiger partial charge in [0, 0.05) is 30.2 Å². The maximum absolute atomic E-state index is 12.5. The highest BCUT2D eigenvalue weighted by Gasteiger charge is 2.38. The van der Waals surface area contributed by atoms with Crippen LogP contribution in [0.15, 0.2) is 23.4 Å². The Balaban J connectivity index is 1.32. The molecule has 0 unspecified atom stereocenters. The summed E-state index contributed by atoms with van der Waals surface area (Å²) in [6, 6.07) is 5.55. The number of rotatable bonds is 6. The standard InChI is InChI=1S/C20H27ClN4O2S/c21-15-4-5-16-17(12-15)24-19(23-16)28-13-18(26)22-14-20(6-2-1-3-7-20)25-8-10-27-11-9-25/h4-5,12H,1-3,6-11,13-14H2,(H,22,26)(H,23,24). The zero-order chi connectivity index (χ0) is 19.4. The van der Waals surface area contributed by atoms with E-state index in [1.165, 1.54) is 31.0 Å². The van der Waals surface area contributed by atoms with Crippen LogP contribution in [0.4, 0.5) is 0 Å². The third-order valence-electron chi connectivity index (χ3n) is 5.84. The van der Waals surface area contributed by atoms with Crippen molar-refractivity contribution in [1.29, 1.82) is 0 Å². The maximum atomic E-state index is 12.5. The van der Waals surface area contributed by atoms with Gasteiger partial charge < -0.3 is 15.0 Å². The largest absolute Gasteiger partial charge is 0.379 e. The van der Waals surface area contributed by atoms with Gasteiger partial charge in [0.2, 0.25) is 5.91 Å². The molecule has 2 aliphatic rings.